The van der Waals surface area contributed by atoms with Crippen molar-refractivity contribution >= 4 is 21.8 Å². The van der Waals surface area contributed by atoms with Crippen LogP contribution in [0.25, 0.3) is 11.1 Å². The van der Waals surface area contributed by atoms with Crippen molar-refractivity contribution in [3.05, 3.63) is 34.4 Å². The van der Waals surface area contributed by atoms with E-state index in [0.29, 0.717) is 11.8 Å². The molecule has 0 aliphatic carbocycles. The van der Waals surface area contributed by atoms with Crippen LogP contribution >= 0.6 is 15.9 Å². The molecule has 0 aliphatic rings. The number of nitrogens with two attached hydrogens (primary N) is 1. The Hall–Kier alpha value is -1.29. The highest BCUT2D eigenvalue weighted by Gasteiger charge is 2.18. The first-order valence-corrected chi connectivity index (χ1v) is 6.37. The molecule has 1 aromatic carbocycles. The maximum atomic E-state index is 5.87. The average molecular weight is 295 g/mol. The fourth-order valence-electron chi connectivity index (χ4n) is 1.82. The van der Waals surface area contributed by atoms with Crippen LogP contribution in [0.15, 0.2) is 33.3 Å². The summed E-state index contributed by atoms with van der Waals surface area (Å²) in [6.07, 6.45) is 0.858. The van der Waals surface area contributed by atoms with Gasteiger partial charge in [0, 0.05) is 10.0 Å². The zero-order chi connectivity index (χ0) is 12.4. The molecule has 0 saturated heterocycles. The van der Waals surface area contributed by atoms with E-state index in [2.05, 4.69) is 34.9 Å². The quantitative estimate of drug-likeness (QED) is 0.934. The first-order chi connectivity index (χ1) is 8.09. The topological polar surface area (TPSA) is 52.0 Å². The van der Waals surface area contributed by atoms with Crippen molar-refractivity contribution in [2.24, 2.45) is 5.92 Å². The Bertz CT molecular complexity index is 520. The smallest absolute Gasteiger partial charge is 0.230 e. The predicted octanol–water partition coefficient (Wildman–Crippen LogP) is 3.88. The van der Waals surface area contributed by atoms with Crippen molar-refractivity contribution in [2.75, 3.05) is 5.73 Å². The number of rotatable bonds is 3. The standard InChI is InChI=1S/C13H15BrN2O/c1-8(2)7-11-12(13(15)17-16-11)9-5-3-4-6-10(9)14/h3-6,8H,7,15H2,1-2H3. The number of hydrogen-bond donors (Lipinski definition) is 1. The molecular formula is C13H15BrN2O. The molecule has 0 fully saturated rings. The predicted molar refractivity (Wildman–Crippen MR) is 72.6 cm³/mol. The Balaban J connectivity index is 2.51. The molecule has 4 heteroatoms. The maximum Gasteiger partial charge on any atom is 0.230 e. The second-order valence-corrected chi connectivity index (χ2v) is 5.30. The van der Waals surface area contributed by atoms with E-state index in [9.17, 15) is 0 Å². The summed E-state index contributed by atoms with van der Waals surface area (Å²) in [5.41, 5.74) is 8.73. The van der Waals surface area contributed by atoms with Gasteiger partial charge in [0.05, 0.1) is 11.3 Å². The molecule has 90 valence electrons. The fourth-order valence-corrected chi connectivity index (χ4v) is 2.30. The molecule has 0 radical (unpaired) electrons. The highest BCUT2D eigenvalue weighted by molar-refractivity contribution is 9.10. The number of aromatic nitrogens is 1. The van der Waals surface area contributed by atoms with Crippen molar-refractivity contribution in [2.45, 2.75) is 20.3 Å². The third-order valence-corrected chi connectivity index (χ3v) is 3.23. The van der Waals surface area contributed by atoms with Gasteiger partial charge >= 0.3 is 0 Å². The largest absolute Gasteiger partial charge is 0.367 e. The Labute approximate surface area is 109 Å². The molecule has 3 nitrogen and oxygen atoms in total. The van der Waals surface area contributed by atoms with E-state index in [4.69, 9.17) is 10.3 Å². The van der Waals surface area contributed by atoms with Crippen molar-refractivity contribution in [3.8, 4) is 11.1 Å². The van der Waals surface area contributed by atoms with Crippen molar-refractivity contribution in [1.29, 1.82) is 0 Å². The molecule has 0 aliphatic heterocycles. The Kier molecular flexibility index (Phi) is 3.52. The Morgan fingerprint density at radius 3 is 2.71 bits per heavy atom. The van der Waals surface area contributed by atoms with Gasteiger partial charge in [0.15, 0.2) is 0 Å². The van der Waals surface area contributed by atoms with Gasteiger partial charge in [-0.05, 0) is 18.4 Å². The highest BCUT2D eigenvalue weighted by atomic mass is 79.9. The molecule has 17 heavy (non-hydrogen) atoms. The molecule has 0 atom stereocenters. The van der Waals surface area contributed by atoms with Crippen molar-refractivity contribution in [3.63, 3.8) is 0 Å². The summed E-state index contributed by atoms with van der Waals surface area (Å²) in [6.45, 7) is 4.30. The molecule has 0 spiro atoms. The average Bonchev–Trinajstić information content (AvgIpc) is 2.60. The van der Waals surface area contributed by atoms with Gasteiger partial charge in [-0.2, -0.15) is 0 Å². The van der Waals surface area contributed by atoms with E-state index >= 15 is 0 Å². The van der Waals surface area contributed by atoms with Gasteiger partial charge < -0.3 is 10.3 Å². The summed E-state index contributed by atoms with van der Waals surface area (Å²) in [6, 6.07) is 7.95. The molecule has 2 rings (SSSR count). The minimum Gasteiger partial charge on any atom is -0.367 e. The number of benzene rings is 1. The third kappa shape index (κ3) is 2.52. The Morgan fingerprint density at radius 2 is 2.06 bits per heavy atom. The van der Waals surface area contributed by atoms with Gasteiger partial charge in [-0.25, -0.2) is 0 Å². The minimum absolute atomic E-state index is 0.382. The van der Waals surface area contributed by atoms with Crippen LogP contribution in [0.2, 0.25) is 0 Å². The molecule has 0 amide bonds. The molecule has 0 bridgehead atoms. The number of halogens is 1. The fraction of sp³-hybridized carbons (Fsp3) is 0.308. The molecule has 1 heterocycles. The maximum absolute atomic E-state index is 5.87. The van der Waals surface area contributed by atoms with Gasteiger partial charge in [0.1, 0.15) is 0 Å². The third-order valence-electron chi connectivity index (χ3n) is 2.53. The normalized spacial score (nSPS) is 11.1. The SMILES string of the molecule is CC(C)Cc1noc(N)c1-c1ccccc1Br. The van der Waals surface area contributed by atoms with E-state index < -0.39 is 0 Å². The van der Waals surface area contributed by atoms with E-state index in [1.165, 1.54) is 0 Å². The molecular weight excluding hydrogens is 280 g/mol. The highest BCUT2D eigenvalue weighted by Crippen LogP contribution is 2.35. The van der Waals surface area contributed by atoms with Gasteiger partial charge in [-0.3, -0.25) is 0 Å². The van der Waals surface area contributed by atoms with Gasteiger partial charge in [0.2, 0.25) is 5.88 Å². The van der Waals surface area contributed by atoms with Crippen LogP contribution in [0.1, 0.15) is 19.5 Å². The van der Waals surface area contributed by atoms with Crippen LogP contribution in [-0.2, 0) is 6.42 Å². The van der Waals surface area contributed by atoms with Crippen LogP contribution < -0.4 is 5.73 Å². The zero-order valence-corrected chi connectivity index (χ0v) is 11.5. The summed E-state index contributed by atoms with van der Waals surface area (Å²) in [7, 11) is 0. The second kappa shape index (κ2) is 4.92. The lowest BCUT2D eigenvalue weighted by Crippen LogP contribution is -1.97. The molecule has 0 saturated carbocycles. The van der Waals surface area contributed by atoms with Crippen LogP contribution in [0.3, 0.4) is 0 Å². The molecule has 2 N–H and O–H groups in total. The first-order valence-electron chi connectivity index (χ1n) is 5.58. The van der Waals surface area contributed by atoms with E-state index in [-0.39, 0.29) is 0 Å². The summed E-state index contributed by atoms with van der Waals surface area (Å²) < 4.78 is 6.11. The lowest BCUT2D eigenvalue weighted by molar-refractivity contribution is 0.422. The molecule has 0 unspecified atom stereocenters. The Morgan fingerprint density at radius 1 is 1.35 bits per heavy atom. The van der Waals surface area contributed by atoms with Crippen molar-refractivity contribution in [1.82, 2.24) is 5.16 Å². The molecule has 2 aromatic rings. The van der Waals surface area contributed by atoms with Crippen LogP contribution in [-0.4, -0.2) is 5.16 Å². The van der Waals surface area contributed by atoms with E-state index in [1.807, 2.05) is 24.3 Å². The van der Waals surface area contributed by atoms with Gasteiger partial charge in [-0.1, -0.05) is 53.1 Å². The molecule has 1 aromatic heterocycles. The summed E-state index contributed by atoms with van der Waals surface area (Å²) >= 11 is 3.53. The van der Waals surface area contributed by atoms with E-state index in [0.717, 1.165) is 27.7 Å². The van der Waals surface area contributed by atoms with E-state index in [1.54, 1.807) is 0 Å². The van der Waals surface area contributed by atoms with Crippen molar-refractivity contribution < 1.29 is 4.52 Å². The van der Waals surface area contributed by atoms with Crippen LogP contribution in [0, 0.1) is 5.92 Å². The summed E-state index contributed by atoms with van der Waals surface area (Å²) in [4.78, 5) is 0. The van der Waals surface area contributed by atoms with Crippen LogP contribution in [0.5, 0.6) is 0 Å². The second-order valence-electron chi connectivity index (χ2n) is 4.45. The first kappa shape index (κ1) is 12.2. The number of nitrogens with zero attached hydrogens (tertiary/aromatic N) is 1. The minimum atomic E-state index is 0.382. The number of anilines is 1. The number of nitrogen functional groups attached to an aromatic ring is 1. The summed E-state index contributed by atoms with van der Waals surface area (Å²) in [5, 5.41) is 4.05. The lowest BCUT2D eigenvalue weighted by atomic mass is 10.00. The lowest BCUT2D eigenvalue weighted by Gasteiger charge is -2.06. The number of hydrogen-bond acceptors (Lipinski definition) is 3. The zero-order valence-electron chi connectivity index (χ0n) is 9.90. The monoisotopic (exact) mass is 294 g/mol. The summed E-state index contributed by atoms with van der Waals surface area (Å²) in [5.74, 6) is 0.897. The van der Waals surface area contributed by atoms with Gasteiger partial charge in [-0.15, -0.1) is 0 Å². The van der Waals surface area contributed by atoms with Crippen LogP contribution in [0.4, 0.5) is 5.88 Å². The van der Waals surface area contributed by atoms with Gasteiger partial charge in [0.25, 0.3) is 0 Å².